The first kappa shape index (κ1) is 19.6. The Morgan fingerprint density at radius 2 is 2.04 bits per heavy atom. The van der Waals surface area contributed by atoms with Crippen LogP contribution >= 0.6 is 0 Å². The van der Waals surface area contributed by atoms with Crippen LogP contribution in [0.1, 0.15) is 26.3 Å². The van der Waals surface area contributed by atoms with Crippen molar-refractivity contribution in [2.24, 2.45) is 11.7 Å². The Morgan fingerprint density at radius 1 is 1.40 bits per heavy atom. The summed E-state index contributed by atoms with van der Waals surface area (Å²) in [4.78, 5) is 25.7. The van der Waals surface area contributed by atoms with Crippen LogP contribution in [0.5, 0.6) is 0 Å². The summed E-state index contributed by atoms with van der Waals surface area (Å²) in [7, 11) is -1.96. The molecule has 0 aromatic heterocycles. The summed E-state index contributed by atoms with van der Waals surface area (Å²) in [6.45, 7) is 11.3. The van der Waals surface area contributed by atoms with Crippen LogP contribution in [0.3, 0.4) is 0 Å². The van der Waals surface area contributed by atoms with E-state index in [0.717, 1.165) is 5.56 Å². The number of nitrogens with zero attached hydrogens (tertiary/aromatic N) is 1. The third-order valence-corrected chi connectivity index (χ3v) is 9.79. The maximum absolute atomic E-state index is 13.7. The van der Waals surface area contributed by atoms with Gasteiger partial charge in [-0.25, -0.2) is 4.39 Å². The maximum Gasteiger partial charge on any atom is 0.239 e. The van der Waals surface area contributed by atoms with Crippen LogP contribution in [-0.4, -0.2) is 33.3 Å². The second-order valence-corrected chi connectivity index (χ2v) is 12.8. The highest BCUT2D eigenvalue weighted by atomic mass is 28.4. The Labute approximate surface area is 149 Å². The molecular formula is C18H27FN2O3Si. The highest BCUT2D eigenvalue weighted by Crippen LogP contribution is 2.37. The standard InChI is InChI=1S/C18H27FN2O3Si/c1-18(2,3)25(4,5)24-9-8-21-15-11-13(19)7-6-12(15)10-14(16(20)22)17(21)23/h6-7,11,14H,8-10H2,1-5H3,(H2,20,22). The van der Waals surface area contributed by atoms with Crippen molar-refractivity contribution < 1.29 is 18.4 Å². The zero-order valence-corrected chi connectivity index (χ0v) is 16.6. The van der Waals surface area contributed by atoms with Crippen molar-refractivity contribution in [1.82, 2.24) is 0 Å². The molecule has 2 rings (SSSR count). The van der Waals surface area contributed by atoms with Crippen molar-refractivity contribution in [1.29, 1.82) is 0 Å². The molecule has 25 heavy (non-hydrogen) atoms. The lowest BCUT2D eigenvalue weighted by Crippen LogP contribution is -2.49. The van der Waals surface area contributed by atoms with Crippen molar-refractivity contribution in [3.05, 3.63) is 29.6 Å². The van der Waals surface area contributed by atoms with Gasteiger partial charge in [-0.1, -0.05) is 26.8 Å². The van der Waals surface area contributed by atoms with Crippen LogP contribution in [-0.2, 0) is 20.4 Å². The summed E-state index contributed by atoms with van der Waals surface area (Å²) in [5.74, 6) is -2.37. The smallest absolute Gasteiger partial charge is 0.239 e. The van der Waals surface area contributed by atoms with Gasteiger partial charge < -0.3 is 15.1 Å². The van der Waals surface area contributed by atoms with Crippen LogP contribution < -0.4 is 10.6 Å². The first-order chi connectivity index (χ1) is 11.4. The lowest BCUT2D eigenvalue weighted by Gasteiger charge is -2.38. The molecule has 0 saturated heterocycles. The van der Waals surface area contributed by atoms with E-state index in [1.54, 1.807) is 6.07 Å². The molecule has 1 atom stereocenters. The molecule has 0 saturated carbocycles. The predicted molar refractivity (Wildman–Crippen MR) is 98.3 cm³/mol. The fraction of sp³-hybridized carbons (Fsp3) is 0.556. The lowest BCUT2D eigenvalue weighted by molar-refractivity contribution is -0.132. The fourth-order valence-corrected chi connectivity index (χ4v) is 3.67. The Hall–Kier alpha value is -1.73. The average molecular weight is 367 g/mol. The number of primary amides is 1. The van der Waals surface area contributed by atoms with Gasteiger partial charge in [-0.3, -0.25) is 9.59 Å². The Balaban J connectivity index is 2.22. The number of fused-ring (bicyclic) bond motifs is 1. The van der Waals surface area contributed by atoms with E-state index in [1.807, 2.05) is 0 Å². The molecule has 5 nitrogen and oxygen atoms in total. The third-order valence-electron chi connectivity index (χ3n) is 5.25. The van der Waals surface area contributed by atoms with E-state index in [1.165, 1.54) is 17.0 Å². The van der Waals surface area contributed by atoms with E-state index in [0.29, 0.717) is 12.3 Å². The van der Waals surface area contributed by atoms with E-state index in [2.05, 4.69) is 33.9 Å². The van der Waals surface area contributed by atoms with Gasteiger partial charge in [-0.05, 0) is 42.2 Å². The fourth-order valence-electron chi connectivity index (χ4n) is 2.64. The number of rotatable bonds is 5. The molecule has 138 valence electrons. The molecule has 0 radical (unpaired) electrons. The monoisotopic (exact) mass is 366 g/mol. The van der Waals surface area contributed by atoms with Crippen molar-refractivity contribution in [2.45, 2.75) is 45.3 Å². The Kier molecular flexibility index (Phi) is 5.39. The summed E-state index contributed by atoms with van der Waals surface area (Å²) in [6.07, 6.45) is 0.212. The molecule has 0 spiro atoms. The third kappa shape index (κ3) is 4.09. The number of carbonyl (C=O) groups excluding carboxylic acids is 2. The summed E-state index contributed by atoms with van der Waals surface area (Å²) in [5.41, 5.74) is 6.63. The van der Waals surface area contributed by atoms with E-state index >= 15 is 0 Å². The number of halogens is 1. The molecule has 0 bridgehead atoms. The molecule has 1 unspecified atom stereocenters. The van der Waals surface area contributed by atoms with Crippen LogP contribution in [0, 0.1) is 11.7 Å². The second kappa shape index (κ2) is 6.88. The van der Waals surface area contributed by atoms with Crippen LogP contribution in [0.2, 0.25) is 18.1 Å². The summed E-state index contributed by atoms with van der Waals surface area (Å²) >= 11 is 0. The molecular weight excluding hydrogens is 339 g/mol. The Bertz CT molecular complexity index is 685. The number of benzene rings is 1. The first-order valence-electron chi connectivity index (χ1n) is 8.47. The van der Waals surface area contributed by atoms with E-state index in [9.17, 15) is 14.0 Å². The van der Waals surface area contributed by atoms with E-state index in [4.69, 9.17) is 10.2 Å². The minimum atomic E-state index is -1.96. The predicted octanol–water partition coefficient (Wildman–Crippen LogP) is 2.84. The largest absolute Gasteiger partial charge is 0.415 e. The van der Waals surface area contributed by atoms with Crippen LogP contribution in [0.15, 0.2) is 18.2 Å². The minimum absolute atomic E-state index is 0.0542. The SMILES string of the molecule is CC(C)(C)[Si](C)(C)OCCN1C(=O)C(C(N)=O)Cc2ccc(F)cc21. The van der Waals surface area contributed by atoms with Gasteiger partial charge in [-0.15, -0.1) is 0 Å². The van der Waals surface area contributed by atoms with E-state index < -0.39 is 26.0 Å². The summed E-state index contributed by atoms with van der Waals surface area (Å²) in [6, 6.07) is 4.27. The Morgan fingerprint density at radius 3 is 2.60 bits per heavy atom. The topological polar surface area (TPSA) is 72.6 Å². The van der Waals surface area contributed by atoms with Crippen molar-refractivity contribution >= 4 is 25.8 Å². The van der Waals surface area contributed by atoms with Gasteiger partial charge in [0.25, 0.3) is 0 Å². The molecule has 1 heterocycles. The first-order valence-corrected chi connectivity index (χ1v) is 11.4. The highest BCUT2D eigenvalue weighted by molar-refractivity contribution is 6.74. The number of nitrogens with two attached hydrogens (primary N) is 1. The molecule has 7 heteroatoms. The highest BCUT2D eigenvalue weighted by Gasteiger charge is 2.39. The molecule has 2 amide bonds. The minimum Gasteiger partial charge on any atom is -0.415 e. The molecule has 0 fully saturated rings. The van der Waals surface area contributed by atoms with Gasteiger partial charge in [-0.2, -0.15) is 0 Å². The van der Waals surface area contributed by atoms with Gasteiger partial charge in [0, 0.05) is 12.2 Å². The number of anilines is 1. The molecule has 1 aliphatic heterocycles. The molecule has 1 aromatic rings. The van der Waals surface area contributed by atoms with Crippen LogP contribution in [0.4, 0.5) is 10.1 Å². The molecule has 1 aliphatic rings. The van der Waals surface area contributed by atoms with Gasteiger partial charge in [0.2, 0.25) is 11.8 Å². The summed E-state index contributed by atoms with van der Waals surface area (Å²) < 4.78 is 19.8. The normalized spacial score (nSPS) is 18.2. The zero-order valence-electron chi connectivity index (χ0n) is 15.6. The van der Waals surface area contributed by atoms with Gasteiger partial charge >= 0.3 is 0 Å². The van der Waals surface area contributed by atoms with Gasteiger partial charge in [0.15, 0.2) is 8.32 Å². The van der Waals surface area contributed by atoms with E-state index in [-0.39, 0.29) is 23.9 Å². The van der Waals surface area contributed by atoms with Crippen LogP contribution in [0.25, 0.3) is 0 Å². The number of hydrogen-bond donors (Lipinski definition) is 1. The number of amides is 2. The number of carbonyl (C=O) groups is 2. The average Bonchev–Trinajstić information content (AvgIpc) is 2.47. The number of hydrogen-bond acceptors (Lipinski definition) is 3. The van der Waals surface area contributed by atoms with Gasteiger partial charge in [0.05, 0.1) is 6.61 Å². The lowest BCUT2D eigenvalue weighted by atomic mass is 9.91. The van der Waals surface area contributed by atoms with Crippen molar-refractivity contribution in [2.75, 3.05) is 18.1 Å². The molecule has 1 aromatic carbocycles. The summed E-state index contributed by atoms with van der Waals surface area (Å²) in [5, 5.41) is 0.0542. The maximum atomic E-state index is 13.7. The van der Waals surface area contributed by atoms with Crippen molar-refractivity contribution in [3.63, 3.8) is 0 Å². The zero-order chi connectivity index (χ0) is 19.0. The molecule has 0 aliphatic carbocycles. The van der Waals surface area contributed by atoms with Crippen molar-refractivity contribution in [3.8, 4) is 0 Å². The quantitative estimate of drug-likeness (QED) is 0.643. The van der Waals surface area contributed by atoms with Gasteiger partial charge in [0.1, 0.15) is 11.7 Å². The second-order valence-electron chi connectivity index (χ2n) is 8.03. The molecule has 2 N–H and O–H groups in total.